The summed E-state index contributed by atoms with van der Waals surface area (Å²) in [5.74, 6) is -0.430. The second-order valence-corrected chi connectivity index (χ2v) is 6.93. The minimum atomic E-state index is -0.603. The first kappa shape index (κ1) is 21.0. The van der Waals surface area contributed by atoms with Crippen molar-refractivity contribution in [3.05, 3.63) is 73.8 Å². The van der Waals surface area contributed by atoms with Gasteiger partial charge in [-0.15, -0.1) is 0 Å². The molecule has 0 aliphatic carbocycles. The van der Waals surface area contributed by atoms with Crippen LogP contribution in [0.3, 0.4) is 0 Å². The standard InChI is InChI=1S/C20H16ClN5O4/c1-13-9-14(3-5-17(13)21)25(8-2-7-22)19(27)11-24-12-23-18-6-4-15(26(29)30)10-16(18)20(24)28/h3-6,9-10,12H,2,8,11H2,1H3. The van der Waals surface area contributed by atoms with Crippen molar-refractivity contribution in [2.45, 2.75) is 19.9 Å². The van der Waals surface area contributed by atoms with Crippen LogP contribution in [0, 0.1) is 28.4 Å². The first-order valence-corrected chi connectivity index (χ1v) is 9.26. The summed E-state index contributed by atoms with van der Waals surface area (Å²) in [7, 11) is 0. The highest BCUT2D eigenvalue weighted by atomic mass is 35.5. The molecule has 0 bridgehead atoms. The lowest BCUT2D eigenvalue weighted by Crippen LogP contribution is -2.37. The maximum Gasteiger partial charge on any atom is 0.270 e. The Morgan fingerprint density at radius 1 is 1.33 bits per heavy atom. The average Bonchev–Trinajstić information content (AvgIpc) is 2.72. The van der Waals surface area contributed by atoms with Gasteiger partial charge in [-0.05, 0) is 36.8 Å². The molecule has 0 fully saturated rings. The van der Waals surface area contributed by atoms with Crippen LogP contribution in [0.4, 0.5) is 11.4 Å². The first-order chi connectivity index (χ1) is 14.3. The number of amides is 1. The fraction of sp³-hybridized carbons (Fsp3) is 0.200. The fourth-order valence-corrected chi connectivity index (χ4v) is 3.08. The third-order valence-corrected chi connectivity index (χ3v) is 4.95. The van der Waals surface area contributed by atoms with Gasteiger partial charge < -0.3 is 4.90 Å². The second-order valence-electron chi connectivity index (χ2n) is 6.52. The van der Waals surface area contributed by atoms with Gasteiger partial charge in [0, 0.05) is 29.4 Å². The number of fused-ring (bicyclic) bond motifs is 1. The Bertz CT molecular complexity index is 1250. The van der Waals surface area contributed by atoms with Gasteiger partial charge in [0.15, 0.2) is 0 Å². The molecule has 9 nitrogen and oxygen atoms in total. The van der Waals surface area contributed by atoms with Crippen LogP contribution in [0.5, 0.6) is 0 Å². The summed E-state index contributed by atoms with van der Waals surface area (Å²) < 4.78 is 1.09. The monoisotopic (exact) mass is 425 g/mol. The fourth-order valence-electron chi connectivity index (χ4n) is 2.96. The molecule has 0 N–H and O–H groups in total. The Morgan fingerprint density at radius 2 is 2.10 bits per heavy atom. The van der Waals surface area contributed by atoms with E-state index in [0.717, 1.165) is 16.2 Å². The number of rotatable bonds is 6. The highest BCUT2D eigenvalue weighted by molar-refractivity contribution is 6.31. The Labute approximate surface area is 175 Å². The van der Waals surface area contributed by atoms with E-state index in [1.54, 1.807) is 25.1 Å². The van der Waals surface area contributed by atoms with E-state index < -0.39 is 16.4 Å². The number of nitriles is 1. The van der Waals surface area contributed by atoms with Crippen molar-refractivity contribution in [3.63, 3.8) is 0 Å². The van der Waals surface area contributed by atoms with Crippen molar-refractivity contribution >= 4 is 39.8 Å². The molecule has 1 heterocycles. The molecule has 3 aromatic rings. The van der Waals surface area contributed by atoms with E-state index >= 15 is 0 Å². The van der Waals surface area contributed by atoms with Crippen LogP contribution in [0.25, 0.3) is 10.9 Å². The zero-order valence-electron chi connectivity index (χ0n) is 15.9. The zero-order chi connectivity index (χ0) is 21.8. The SMILES string of the molecule is Cc1cc(N(CCC#N)C(=O)Cn2cnc3ccc([N+](=O)[O-])cc3c2=O)ccc1Cl. The number of carbonyl (C=O) groups excluding carboxylic acids is 1. The van der Waals surface area contributed by atoms with Crippen LogP contribution in [0.2, 0.25) is 5.02 Å². The van der Waals surface area contributed by atoms with Crippen LogP contribution in [-0.2, 0) is 11.3 Å². The van der Waals surface area contributed by atoms with Crippen LogP contribution < -0.4 is 10.5 Å². The number of halogens is 1. The molecule has 3 rings (SSSR count). The van der Waals surface area contributed by atoms with Crippen molar-refractivity contribution in [2.75, 3.05) is 11.4 Å². The molecule has 0 atom stereocenters. The maximum absolute atomic E-state index is 13.0. The molecule has 0 saturated carbocycles. The highest BCUT2D eigenvalue weighted by Crippen LogP contribution is 2.23. The number of non-ortho nitro benzene ring substituents is 1. The van der Waals surface area contributed by atoms with Gasteiger partial charge >= 0.3 is 0 Å². The normalized spacial score (nSPS) is 10.6. The van der Waals surface area contributed by atoms with Crippen molar-refractivity contribution in [2.24, 2.45) is 0 Å². The number of hydrogen-bond acceptors (Lipinski definition) is 6. The molecule has 1 aromatic heterocycles. The van der Waals surface area contributed by atoms with Gasteiger partial charge in [-0.3, -0.25) is 24.3 Å². The minimum absolute atomic E-state index is 0.0467. The lowest BCUT2D eigenvalue weighted by atomic mass is 10.2. The number of aryl methyl sites for hydroxylation is 1. The summed E-state index contributed by atoms with van der Waals surface area (Å²) in [6, 6.07) is 10.8. The minimum Gasteiger partial charge on any atom is -0.310 e. The predicted molar refractivity (Wildman–Crippen MR) is 111 cm³/mol. The maximum atomic E-state index is 13.0. The summed E-state index contributed by atoms with van der Waals surface area (Å²) in [4.78, 5) is 41.6. The number of benzene rings is 2. The van der Waals surface area contributed by atoms with Crippen LogP contribution in [0.1, 0.15) is 12.0 Å². The van der Waals surface area contributed by atoms with Crippen molar-refractivity contribution in [1.82, 2.24) is 9.55 Å². The molecule has 30 heavy (non-hydrogen) atoms. The summed E-state index contributed by atoms with van der Waals surface area (Å²) in [6.07, 6.45) is 1.33. The van der Waals surface area contributed by atoms with Gasteiger partial charge in [0.05, 0.1) is 34.6 Å². The third kappa shape index (κ3) is 4.29. The summed E-state index contributed by atoms with van der Waals surface area (Å²) in [5, 5.41) is 20.5. The summed E-state index contributed by atoms with van der Waals surface area (Å²) >= 11 is 6.05. The quantitative estimate of drug-likeness (QED) is 0.441. The number of carbonyl (C=O) groups is 1. The molecule has 152 valence electrons. The van der Waals surface area contributed by atoms with E-state index in [0.29, 0.717) is 16.2 Å². The molecule has 0 saturated heterocycles. The van der Waals surface area contributed by atoms with E-state index in [-0.39, 0.29) is 30.6 Å². The molecule has 0 aliphatic rings. The smallest absolute Gasteiger partial charge is 0.270 e. The van der Waals surface area contributed by atoms with Gasteiger partial charge in [-0.1, -0.05) is 11.6 Å². The number of nitro benzene ring substituents is 1. The van der Waals surface area contributed by atoms with Crippen LogP contribution >= 0.6 is 11.6 Å². The Morgan fingerprint density at radius 3 is 2.77 bits per heavy atom. The van der Waals surface area contributed by atoms with E-state index in [1.165, 1.54) is 23.4 Å². The van der Waals surface area contributed by atoms with E-state index in [9.17, 15) is 19.7 Å². The largest absolute Gasteiger partial charge is 0.310 e. The lowest BCUT2D eigenvalue weighted by molar-refractivity contribution is -0.384. The average molecular weight is 426 g/mol. The van der Waals surface area contributed by atoms with Gasteiger partial charge in [0.1, 0.15) is 6.54 Å². The van der Waals surface area contributed by atoms with Crippen molar-refractivity contribution in [1.29, 1.82) is 5.26 Å². The number of anilines is 1. The van der Waals surface area contributed by atoms with E-state index in [4.69, 9.17) is 16.9 Å². The van der Waals surface area contributed by atoms with Crippen LogP contribution in [0.15, 0.2) is 47.5 Å². The van der Waals surface area contributed by atoms with Gasteiger partial charge in [0.2, 0.25) is 5.91 Å². The highest BCUT2D eigenvalue weighted by Gasteiger charge is 2.19. The molecule has 0 aliphatic heterocycles. The van der Waals surface area contributed by atoms with Crippen molar-refractivity contribution in [3.8, 4) is 6.07 Å². The summed E-state index contributed by atoms with van der Waals surface area (Å²) in [5.41, 5.74) is 0.807. The lowest BCUT2D eigenvalue weighted by Gasteiger charge is -2.23. The Hall–Kier alpha value is -3.77. The Balaban J connectivity index is 1.96. The molecule has 0 unspecified atom stereocenters. The van der Waals surface area contributed by atoms with Crippen molar-refractivity contribution < 1.29 is 9.72 Å². The molecule has 10 heteroatoms. The zero-order valence-corrected chi connectivity index (χ0v) is 16.7. The molecule has 2 aromatic carbocycles. The molecular weight excluding hydrogens is 410 g/mol. The van der Waals surface area contributed by atoms with Gasteiger partial charge in [0.25, 0.3) is 11.2 Å². The third-order valence-electron chi connectivity index (χ3n) is 4.53. The van der Waals surface area contributed by atoms with Gasteiger partial charge in [-0.25, -0.2) is 4.98 Å². The summed E-state index contributed by atoms with van der Waals surface area (Å²) in [6.45, 7) is 1.60. The number of nitrogens with zero attached hydrogens (tertiary/aromatic N) is 5. The predicted octanol–water partition coefficient (Wildman–Crippen LogP) is 3.21. The first-order valence-electron chi connectivity index (χ1n) is 8.89. The molecular formula is C20H16ClN5O4. The topological polar surface area (TPSA) is 122 Å². The number of hydrogen-bond donors (Lipinski definition) is 0. The molecule has 1 amide bonds. The van der Waals surface area contributed by atoms with Crippen LogP contribution in [-0.4, -0.2) is 26.9 Å². The number of aromatic nitrogens is 2. The van der Waals surface area contributed by atoms with Gasteiger partial charge in [-0.2, -0.15) is 5.26 Å². The molecule has 0 spiro atoms. The number of nitro groups is 1. The second kappa shape index (κ2) is 8.71. The Kier molecular flexibility index (Phi) is 6.09. The van der Waals surface area contributed by atoms with E-state index in [1.807, 2.05) is 6.07 Å². The molecule has 0 radical (unpaired) electrons. The van der Waals surface area contributed by atoms with E-state index in [2.05, 4.69) is 4.98 Å².